The van der Waals surface area contributed by atoms with Crippen LogP contribution in [0, 0.1) is 5.41 Å². The van der Waals surface area contributed by atoms with Gasteiger partial charge in [0.15, 0.2) is 0 Å². The van der Waals surface area contributed by atoms with Crippen LogP contribution in [0.3, 0.4) is 0 Å². The zero-order chi connectivity index (χ0) is 12.8. The summed E-state index contributed by atoms with van der Waals surface area (Å²) in [5.74, 6) is 0.938. The van der Waals surface area contributed by atoms with Crippen LogP contribution in [0.1, 0.15) is 18.4 Å². The summed E-state index contributed by atoms with van der Waals surface area (Å²) in [5, 5.41) is 0. The van der Waals surface area contributed by atoms with Crippen molar-refractivity contribution >= 4 is 12.6 Å². The Kier molecular flexibility index (Phi) is 5.03. The van der Waals surface area contributed by atoms with Crippen LogP contribution >= 0.6 is 12.6 Å². The third kappa shape index (κ3) is 3.70. The maximum absolute atomic E-state index is 5.46. The fourth-order valence-electron chi connectivity index (χ4n) is 2.60. The molecule has 4 heteroatoms. The fourth-order valence-corrected chi connectivity index (χ4v) is 3.02. The highest BCUT2D eigenvalue weighted by Crippen LogP contribution is 2.32. The van der Waals surface area contributed by atoms with E-state index < -0.39 is 0 Å². The van der Waals surface area contributed by atoms with Gasteiger partial charge in [0.25, 0.3) is 0 Å². The highest BCUT2D eigenvalue weighted by atomic mass is 32.1. The third-order valence-corrected chi connectivity index (χ3v) is 4.34. The zero-order valence-electron chi connectivity index (χ0n) is 11.0. The van der Waals surface area contributed by atoms with Crippen LogP contribution in [0.25, 0.3) is 0 Å². The van der Waals surface area contributed by atoms with Gasteiger partial charge in [-0.1, -0.05) is 6.07 Å². The summed E-state index contributed by atoms with van der Waals surface area (Å²) < 4.78 is 5.46. The molecule has 0 saturated carbocycles. The molecule has 1 aliphatic heterocycles. The Morgan fingerprint density at radius 2 is 2.22 bits per heavy atom. The monoisotopic (exact) mass is 266 g/mol. The van der Waals surface area contributed by atoms with Crippen LogP contribution in [0.5, 0.6) is 0 Å². The quantitative estimate of drug-likeness (QED) is 0.828. The van der Waals surface area contributed by atoms with Gasteiger partial charge >= 0.3 is 0 Å². The van der Waals surface area contributed by atoms with E-state index in [4.69, 9.17) is 4.74 Å². The first kappa shape index (κ1) is 13.8. The lowest BCUT2D eigenvalue weighted by atomic mass is 9.81. The molecular formula is C14H22N2OS. The number of ether oxygens (including phenoxy) is 1. The third-order valence-electron chi connectivity index (χ3n) is 3.67. The van der Waals surface area contributed by atoms with Gasteiger partial charge in [0.2, 0.25) is 0 Å². The molecule has 0 radical (unpaired) electrons. The van der Waals surface area contributed by atoms with E-state index in [1.807, 2.05) is 18.5 Å². The largest absolute Gasteiger partial charge is 0.381 e. The van der Waals surface area contributed by atoms with E-state index in [1.54, 1.807) is 0 Å². The molecule has 2 heterocycles. The van der Waals surface area contributed by atoms with Crippen molar-refractivity contribution in [3.63, 3.8) is 0 Å². The van der Waals surface area contributed by atoms with Gasteiger partial charge in [-0.3, -0.25) is 4.98 Å². The van der Waals surface area contributed by atoms with Crippen molar-refractivity contribution in [3.05, 3.63) is 30.1 Å². The standard InChI is InChI=1S/C14H22N2OS/c1-16(10-13-3-2-6-15-9-13)11-14(12-18)4-7-17-8-5-14/h2-3,6,9,18H,4-5,7-8,10-12H2,1H3. The first-order valence-electron chi connectivity index (χ1n) is 6.50. The van der Waals surface area contributed by atoms with Gasteiger partial charge in [-0.25, -0.2) is 0 Å². The van der Waals surface area contributed by atoms with Gasteiger partial charge in [-0.05, 0) is 42.7 Å². The van der Waals surface area contributed by atoms with E-state index in [2.05, 4.69) is 35.6 Å². The average Bonchev–Trinajstić information content (AvgIpc) is 2.41. The van der Waals surface area contributed by atoms with Crippen LogP contribution in [-0.4, -0.2) is 42.4 Å². The van der Waals surface area contributed by atoms with Gasteiger partial charge in [-0.15, -0.1) is 0 Å². The van der Waals surface area contributed by atoms with E-state index in [1.165, 1.54) is 5.56 Å². The predicted octanol–water partition coefficient (Wildman–Crippen LogP) is 2.24. The Bertz CT molecular complexity index is 352. The number of hydrogen-bond donors (Lipinski definition) is 1. The molecule has 0 N–H and O–H groups in total. The van der Waals surface area contributed by atoms with Crippen molar-refractivity contribution in [1.82, 2.24) is 9.88 Å². The molecule has 1 aromatic heterocycles. The van der Waals surface area contributed by atoms with Crippen molar-refractivity contribution in [3.8, 4) is 0 Å². The van der Waals surface area contributed by atoms with Gasteiger partial charge in [0, 0.05) is 38.7 Å². The summed E-state index contributed by atoms with van der Waals surface area (Å²) in [7, 11) is 2.17. The number of thiol groups is 1. The minimum absolute atomic E-state index is 0.318. The van der Waals surface area contributed by atoms with E-state index in [0.29, 0.717) is 5.41 Å². The minimum atomic E-state index is 0.318. The molecular weight excluding hydrogens is 244 g/mol. The number of pyridine rings is 1. The lowest BCUT2D eigenvalue weighted by molar-refractivity contribution is 0.0105. The Balaban J connectivity index is 1.91. The molecule has 18 heavy (non-hydrogen) atoms. The van der Waals surface area contributed by atoms with Crippen molar-refractivity contribution in [2.45, 2.75) is 19.4 Å². The van der Waals surface area contributed by atoms with Crippen LogP contribution in [0.2, 0.25) is 0 Å². The average molecular weight is 266 g/mol. The van der Waals surface area contributed by atoms with Crippen LogP contribution in [0.15, 0.2) is 24.5 Å². The van der Waals surface area contributed by atoms with Crippen LogP contribution < -0.4 is 0 Å². The second kappa shape index (κ2) is 6.55. The van der Waals surface area contributed by atoms with Crippen LogP contribution in [-0.2, 0) is 11.3 Å². The minimum Gasteiger partial charge on any atom is -0.381 e. The molecule has 1 aromatic rings. The molecule has 0 spiro atoms. The first-order valence-corrected chi connectivity index (χ1v) is 7.13. The number of aromatic nitrogens is 1. The van der Waals surface area contributed by atoms with Gasteiger partial charge in [0.05, 0.1) is 0 Å². The van der Waals surface area contributed by atoms with Crippen molar-refractivity contribution in [2.24, 2.45) is 5.41 Å². The molecule has 3 nitrogen and oxygen atoms in total. The van der Waals surface area contributed by atoms with Gasteiger partial charge in [-0.2, -0.15) is 12.6 Å². The summed E-state index contributed by atoms with van der Waals surface area (Å²) in [6.45, 7) is 3.78. The predicted molar refractivity (Wildman–Crippen MR) is 76.9 cm³/mol. The fraction of sp³-hybridized carbons (Fsp3) is 0.643. The first-order chi connectivity index (χ1) is 8.74. The molecule has 1 saturated heterocycles. The lowest BCUT2D eigenvalue weighted by Crippen LogP contribution is -2.41. The van der Waals surface area contributed by atoms with E-state index in [9.17, 15) is 0 Å². The van der Waals surface area contributed by atoms with E-state index in [-0.39, 0.29) is 0 Å². The summed E-state index contributed by atoms with van der Waals surface area (Å²) >= 11 is 4.56. The summed E-state index contributed by atoms with van der Waals surface area (Å²) in [5.41, 5.74) is 1.58. The molecule has 1 fully saturated rings. The Morgan fingerprint density at radius 1 is 1.44 bits per heavy atom. The molecule has 0 aliphatic carbocycles. The van der Waals surface area contributed by atoms with Gasteiger partial charge in [0.1, 0.15) is 0 Å². The second-order valence-electron chi connectivity index (χ2n) is 5.30. The Hall–Kier alpha value is -0.580. The maximum Gasteiger partial charge on any atom is 0.0472 e. The van der Waals surface area contributed by atoms with Crippen molar-refractivity contribution < 1.29 is 4.74 Å². The van der Waals surface area contributed by atoms with E-state index in [0.717, 1.165) is 44.9 Å². The molecule has 1 aliphatic rings. The molecule has 2 rings (SSSR count). The van der Waals surface area contributed by atoms with Gasteiger partial charge < -0.3 is 9.64 Å². The molecule has 0 unspecified atom stereocenters. The Morgan fingerprint density at radius 3 is 2.83 bits per heavy atom. The molecule has 0 atom stereocenters. The zero-order valence-corrected chi connectivity index (χ0v) is 11.9. The number of rotatable bonds is 5. The second-order valence-corrected chi connectivity index (χ2v) is 5.62. The van der Waals surface area contributed by atoms with E-state index >= 15 is 0 Å². The highest BCUT2D eigenvalue weighted by molar-refractivity contribution is 7.80. The molecule has 0 aromatic carbocycles. The molecule has 0 bridgehead atoms. The smallest absolute Gasteiger partial charge is 0.0472 e. The van der Waals surface area contributed by atoms with Crippen molar-refractivity contribution in [1.29, 1.82) is 0 Å². The number of nitrogens with zero attached hydrogens (tertiary/aromatic N) is 2. The normalized spacial score (nSPS) is 19.1. The SMILES string of the molecule is CN(Cc1cccnc1)CC1(CS)CCOCC1. The Labute approximate surface area is 115 Å². The highest BCUT2D eigenvalue weighted by Gasteiger charge is 2.32. The lowest BCUT2D eigenvalue weighted by Gasteiger charge is -2.39. The molecule has 100 valence electrons. The topological polar surface area (TPSA) is 25.4 Å². The van der Waals surface area contributed by atoms with Crippen LogP contribution in [0.4, 0.5) is 0 Å². The number of hydrogen-bond acceptors (Lipinski definition) is 4. The maximum atomic E-state index is 5.46. The summed E-state index contributed by atoms with van der Waals surface area (Å²) in [6, 6.07) is 4.12. The summed E-state index contributed by atoms with van der Waals surface area (Å²) in [4.78, 5) is 6.53. The summed E-state index contributed by atoms with van der Waals surface area (Å²) in [6.07, 6.45) is 5.99. The molecule has 0 amide bonds. The van der Waals surface area contributed by atoms with Crippen molar-refractivity contribution in [2.75, 3.05) is 32.6 Å².